The lowest BCUT2D eigenvalue weighted by Gasteiger charge is -2.13. The van der Waals surface area contributed by atoms with E-state index in [0.717, 1.165) is 38.6 Å². The van der Waals surface area contributed by atoms with E-state index in [2.05, 4.69) is 23.4 Å². The van der Waals surface area contributed by atoms with Crippen molar-refractivity contribution in [2.45, 2.75) is 11.5 Å². The molecule has 0 N–H and O–H groups in total. The van der Waals surface area contributed by atoms with E-state index < -0.39 is 0 Å². The van der Waals surface area contributed by atoms with E-state index in [1.54, 1.807) is 23.5 Å². The second-order valence-corrected chi connectivity index (χ2v) is 7.32. The molecule has 3 aromatic rings. The van der Waals surface area contributed by atoms with E-state index in [1.165, 1.54) is 5.56 Å². The van der Waals surface area contributed by atoms with Gasteiger partial charge < -0.3 is 4.52 Å². The van der Waals surface area contributed by atoms with Crippen molar-refractivity contribution in [3.8, 4) is 11.3 Å². The van der Waals surface area contributed by atoms with Gasteiger partial charge in [-0.05, 0) is 11.6 Å². The van der Waals surface area contributed by atoms with Crippen LogP contribution in [0.1, 0.15) is 11.3 Å². The number of rotatable bonds is 3. The van der Waals surface area contributed by atoms with Gasteiger partial charge in [0.1, 0.15) is 4.38 Å². The van der Waals surface area contributed by atoms with Crippen LogP contribution in [0.5, 0.6) is 0 Å². The summed E-state index contributed by atoms with van der Waals surface area (Å²) in [6.45, 7) is 0. The van der Waals surface area contributed by atoms with Crippen LogP contribution in [0.15, 0.2) is 70.2 Å². The summed E-state index contributed by atoms with van der Waals surface area (Å²) in [5, 5.41) is 4.16. The van der Waals surface area contributed by atoms with Gasteiger partial charge in [-0.25, -0.2) is 4.99 Å². The third-order valence-corrected chi connectivity index (χ3v) is 5.79. The third-order valence-electron chi connectivity index (χ3n) is 3.52. The van der Waals surface area contributed by atoms with Gasteiger partial charge in [-0.2, -0.15) is 0 Å². The van der Waals surface area contributed by atoms with Crippen molar-refractivity contribution in [3.63, 3.8) is 0 Å². The Labute approximate surface area is 143 Å². The molecule has 0 radical (unpaired) electrons. The van der Waals surface area contributed by atoms with E-state index in [1.807, 2.05) is 42.5 Å². The zero-order valence-corrected chi connectivity index (χ0v) is 13.9. The lowest BCUT2D eigenvalue weighted by molar-refractivity contribution is 0.426. The lowest BCUT2D eigenvalue weighted by Crippen LogP contribution is -1.96. The van der Waals surface area contributed by atoms with Gasteiger partial charge in [-0.3, -0.25) is 0 Å². The number of hydrogen-bond acceptors (Lipinski definition) is 5. The molecule has 2 aromatic carbocycles. The van der Waals surface area contributed by atoms with E-state index in [4.69, 9.17) is 9.52 Å². The minimum absolute atomic E-state index is 0.768. The summed E-state index contributed by atoms with van der Waals surface area (Å²) in [5.41, 5.74) is 4.37. The fourth-order valence-corrected chi connectivity index (χ4v) is 4.28. The molecule has 0 aliphatic carbocycles. The normalized spacial score (nSPS) is 13.5. The number of nitrogens with zero attached hydrogens (tertiary/aromatic N) is 2. The maximum atomic E-state index is 5.44. The van der Waals surface area contributed by atoms with Crippen LogP contribution in [0.25, 0.3) is 11.3 Å². The van der Waals surface area contributed by atoms with Crippen molar-refractivity contribution >= 4 is 33.6 Å². The van der Waals surface area contributed by atoms with Crippen LogP contribution in [-0.2, 0) is 11.5 Å². The molecule has 3 nitrogen and oxygen atoms in total. The number of fused-ring (bicyclic) bond motifs is 1. The molecule has 0 atom stereocenters. The molecule has 23 heavy (non-hydrogen) atoms. The highest BCUT2D eigenvalue weighted by atomic mass is 32.2. The first-order valence-corrected chi connectivity index (χ1v) is 9.29. The molecule has 0 saturated carbocycles. The Morgan fingerprint density at radius 3 is 2.78 bits per heavy atom. The fourth-order valence-electron chi connectivity index (χ4n) is 2.34. The Balaban J connectivity index is 1.44. The predicted molar refractivity (Wildman–Crippen MR) is 98.1 cm³/mol. The molecule has 0 saturated heterocycles. The molecule has 1 aliphatic rings. The molecular weight excluding hydrogens is 324 g/mol. The highest BCUT2D eigenvalue weighted by molar-refractivity contribution is 8.38. The number of para-hydroxylation sites is 1. The topological polar surface area (TPSA) is 38.4 Å². The van der Waals surface area contributed by atoms with Crippen LogP contribution in [0.4, 0.5) is 5.69 Å². The third kappa shape index (κ3) is 3.35. The molecule has 5 heteroatoms. The Morgan fingerprint density at radius 1 is 1.04 bits per heavy atom. The average Bonchev–Trinajstić information content (AvgIpc) is 3.10. The molecule has 1 aromatic heterocycles. The van der Waals surface area contributed by atoms with E-state index in [0.29, 0.717) is 0 Å². The number of aliphatic imine (C=N–C) groups is 1. The van der Waals surface area contributed by atoms with E-state index in [9.17, 15) is 0 Å². The van der Waals surface area contributed by atoms with Crippen LogP contribution in [-0.4, -0.2) is 9.53 Å². The Bertz CT molecular complexity index is 843. The van der Waals surface area contributed by atoms with Crippen LogP contribution >= 0.6 is 23.5 Å². The van der Waals surface area contributed by atoms with Gasteiger partial charge in [-0.1, -0.05) is 77.2 Å². The molecular formula is C18H14N2OS2. The zero-order valence-electron chi connectivity index (χ0n) is 12.3. The standard InChI is InChI=1S/C18H14N2OS2/c1-2-6-13(7-3-1)17-10-15(20-21-17)12-23-18-19-16-9-5-4-8-14(16)11-22-18/h1-10H,11-12H2. The molecule has 114 valence electrons. The van der Waals surface area contributed by atoms with Crippen molar-refractivity contribution in [3.05, 3.63) is 71.9 Å². The summed E-state index contributed by atoms with van der Waals surface area (Å²) in [6, 6.07) is 20.3. The zero-order chi connectivity index (χ0) is 15.5. The first kappa shape index (κ1) is 14.6. The second-order valence-electron chi connectivity index (χ2n) is 5.13. The first-order valence-electron chi connectivity index (χ1n) is 7.32. The summed E-state index contributed by atoms with van der Waals surface area (Å²) in [4.78, 5) is 4.71. The van der Waals surface area contributed by atoms with Crippen LogP contribution < -0.4 is 0 Å². The number of thioether (sulfide) groups is 2. The van der Waals surface area contributed by atoms with Gasteiger partial charge >= 0.3 is 0 Å². The molecule has 0 spiro atoms. The molecule has 0 bridgehead atoms. The van der Waals surface area contributed by atoms with Gasteiger partial charge in [0.25, 0.3) is 0 Å². The minimum atomic E-state index is 0.768. The molecule has 0 unspecified atom stereocenters. The Hall–Kier alpha value is -1.98. The molecule has 1 aliphatic heterocycles. The van der Waals surface area contributed by atoms with Crippen molar-refractivity contribution in [1.29, 1.82) is 0 Å². The predicted octanol–water partition coefficient (Wildman–Crippen LogP) is 5.51. The second kappa shape index (κ2) is 6.64. The Kier molecular flexibility index (Phi) is 4.22. The summed E-state index contributed by atoms with van der Waals surface area (Å²) in [7, 11) is 0. The van der Waals surface area contributed by atoms with Gasteiger partial charge in [0.15, 0.2) is 5.76 Å². The number of benzene rings is 2. The molecule has 4 rings (SSSR count). The molecule has 2 heterocycles. The highest BCUT2D eigenvalue weighted by Gasteiger charge is 2.14. The van der Waals surface area contributed by atoms with Gasteiger partial charge in [0, 0.05) is 23.1 Å². The summed E-state index contributed by atoms with van der Waals surface area (Å²) in [6.07, 6.45) is 0. The molecule has 0 amide bonds. The van der Waals surface area contributed by atoms with E-state index in [-0.39, 0.29) is 0 Å². The van der Waals surface area contributed by atoms with Crippen LogP contribution in [0, 0.1) is 0 Å². The van der Waals surface area contributed by atoms with E-state index >= 15 is 0 Å². The van der Waals surface area contributed by atoms with Gasteiger partial charge in [-0.15, -0.1) is 0 Å². The maximum absolute atomic E-state index is 5.44. The minimum Gasteiger partial charge on any atom is -0.356 e. The largest absolute Gasteiger partial charge is 0.356 e. The summed E-state index contributed by atoms with van der Waals surface area (Å²) >= 11 is 3.50. The molecule has 0 fully saturated rings. The quantitative estimate of drug-likeness (QED) is 0.631. The number of hydrogen-bond donors (Lipinski definition) is 0. The van der Waals surface area contributed by atoms with Crippen LogP contribution in [0.3, 0.4) is 0 Å². The van der Waals surface area contributed by atoms with Crippen molar-refractivity contribution < 1.29 is 4.52 Å². The lowest BCUT2D eigenvalue weighted by atomic mass is 10.2. The van der Waals surface area contributed by atoms with Gasteiger partial charge in [0.2, 0.25) is 0 Å². The maximum Gasteiger partial charge on any atom is 0.167 e. The Morgan fingerprint density at radius 2 is 1.87 bits per heavy atom. The first-order chi connectivity index (χ1) is 11.4. The van der Waals surface area contributed by atoms with Crippen molar-refractivity contribution in [2.75, 3.05) is 0 Å². The van der Waals surface area contributed by atoms with Crippen LogP contribution in [0.2, 0.25) is 0 Å². The average molecular weight is 338 g/mol. The number of aromatic nitrogens is 1. The monoisotopic (exact) mass is 338 g/mol. The highest BCUT2D eigenvalue weighted by Crippen LogP contribution is 2.35. The fraction of sp³-hybridized carbons (Fsp3) is 0.111. The SMILES string of the molecule is c1ccc(-c2cc(CSC3=Nc4ccccc4CS3)no2)cc1. The van der Waals surface area contributed by atoms with Crippen molar-refractivity contribution in [1.82, 2.24) is 5.16 Å². The smallest absolute Gasteiger partial charge is 0.167 e. The summed E-state index contributed by atoms with van der Waals surface area (Å²) < 4.78 is 6.53. The van der Waals surface area contributed by atoms with Gasteiger partial charge in [0.05, 0.1) is 11.4 Å². The van der Waals surface area contributed by atoms with Crippen molar-refractivity contribution in [2.24, 2.45) is 4.99 Å². The summed E-state index contributed by atoms with van der Waals surface area (Å²) in [5.74, 6) is 2.56.